The number of carbonyl (C=O) groups excluding carboxylic acids is 1. The van der Waals surface area contributed by atoms with E-state index in [1.54, 1.807) is 11.3 Å². The van der Waals surface area contributed by atoms with Gasteiger partial charge in [-0.25, -0.2) is 4.98 Å². The highest BCUT2D eigenvalue weighted by Crippen LogP contribution is 2.15. The Bertz CT molecular complexity index is 748. The maximum Gasteiger partial charge on any atom is 0.248 e. The molecule has 1 unspecified atom stereocenters. The lowest BCUT2D eigenvalue weighted by molar-refractivity contribution is -0.133. The molecule has 1 atom stereocenters. The van der Waals surface area contributed by atoms with Crippen molar-refractivity contribution >= 4 is 17.2 Å². The van der Waals surface area contributed by atoms with Gasteiger partial charge in [0.1, 0.15) is 6.61 Å². The van der Waals surface area contributed by atoms with Crippen molar-refractivity contribution in [2.45, 2.75) is 52.0 Å². The molecule has 1 aliphatic rings. The molecule has 2 heterocycles. The molecule has 0 N–H and O–H groups in total. The summed E-state index contributed by atoms with van der Waals surface area (Å²) < 4.78 is 5.32. The highest BCUT2D eigenvalue weighted by atomic mass is 32.1. The van der Waals surface area contributed by atoms with Gasteiger partial charge >= 0.3 is 0 Å². The molecular weight excluding hydrogens is 394 g/mol. The van der Waals surface area contributed by atoms with Crippen molar-refractivity contribution in [3.63, 3.8) is 0 Å². The van der Waals surface area contributed by atoms with Crippen LogP contribution in [0.25, 0.3) is 0 Å². The molecule has 1 aromatic carbocycles. The minimum absolute atomic E-state index is 0.145. The van der Waals surface area contributed by atoms with Crippen LogP contribution in [0.2, 0.25) is 0 Å². The van der Waals surface area contributed by atoms with E-state index >= 15 is 0 Å². The van der Waals surface area contributed by atoms with Crippen molar-refractivity contribution in [2.24, 2.45) is 0 Å². The average molecular weight is 430 g/mol. The maximum absolute atomic E-state index is 12.0. The van der Waals surface area contributed by atoms with Gasteiger partial charge in [0.25, 0.3) is 0 Å². The van der Waals surface area contributed by atoms with Crippen molar-refractivity contribution in [1.29, 1.82) is 0 Å². The quantitative estimate of drug-likeness (QED) is 0.506. The van der Waals surface area contributed by atoms with Crippen molar-refractivity contribution in [3.8, 4) is 0 Å². The summed E-state index contributed by atoms with van der Waals surface area (Å²) in [4.78, 5) is 20.9. The van der Waals surface area contributed by atoms with Crippen molar-refractivity contribution < 1.29 is 9.53 Å². The van der Waals surface area contributed by atoms with Crippen molar-refractivity contribution in [1.82, 2.24) is 14.8 Å². The normalized spacial score (nSPS) is 16.1. The SMILES string of the molecule is CCN(CCCCN1CCCOCC1=O)C(C)Cc1ccc(Cc2nccs2)cc1. The Morgan fingerprint density at radius 1 is 1.23 bits per heavy atom. The molecule has 0 spiro atoms. The number of likely N-dealkylation sites (N-methyl/N-ethyl adjacent to an activating group) is 1. The van der Waals surface area contributed by atoms with Crippen molar-refractivity contribution in [2.75, 3.05) is 39.4 Å². The summed E-state index contributed by atoms with van der Waals surface area (Å²) in [5, 5.41) is 3.20. The molecule has 3 rings (SSSR count). The lowest BCUT2D eigenvalue weighted by Crippen LogP contribution is -2.36. The molecule has 0 aliphatic carbocycles. The van der Waals surface area contributed by atoms with Gasteiger partial charge in [-0.2, -0.15) is 0 Å². The third kappa shape index (κ3) is 7.18. The molecule has 0 bridgehead atoms. The average Bonchev–Trinajstić information content (AvgIpc) is 3.17. The van der Waals surface area contributed by atoms with Gasteiger partial charge in [0, 0.05) is 43.7 Å². The molecule has 1 fully saturated rings. The van der Waals surface area contributed by atoms with E-state index < -0.39 is 0 Å². The van der Waals surface area contributed by atoms with Crippen LogP contribution in [0, 0.1) is 0 Å². The Kier molecular flexibility index (Phi) is 9.30. The Morgan fingerprint density at radius 3 is 2.77 bits per heavy atom. The Hall–Kier alpha value is -1.76. The minimum Gasteiger partial charge on any atom is -0.372 e. The monoisotopic (exact) mass is 429 g/mol. The van der Waals surface area contributed by atoms with E-state index in [4.69, 9.17) is 4.74 Å². The van der Waals surface area contributed by atoms with E-state index in [0.717, 1.165) is 58.3 Å². The molecule has 5 nitrogen and oxygen atoms in total. The van der Waals surface area contributed by atoms with Gasteiger partial charge in [-0.1, -0.05) is 31.2 Å². The zero-order valence-corrected chi connectivity index (χ0v) is 19.2. The molecule has 1 amide bonds. The fraction of sp³-hybridized carbons (Fsp3) is 0.583. The molecule has 1 aliphatic heterocycles. The van der Waals surface area contributed by atoms with Gasteiger partial charge in [-0.05, 0) is 56.8 Å². The Balaban J connectivity index is 1.40. The number of ether oxygens (including phenoxy) is 1. The summed E-state index contributed by atoms with van der Waals surface area (Å²) in [6, 6.07) is 9.51. The van der Waals surface area contributed by atoms with Crippen LogP contribution in [-0.2, 0) is 22.4 Å². The number of nitrogens with zero attached hydrogens (tertiary/aromatic N) is 3. The molecule has 6 heteroatoms. The molecule has 0 saturated carbocycles. The number of amides is 1. The Morgan fingerprint density at radius 2 is 2.03 bits per heavy atom. The zero-order valence-electron chi connectivity index (χ0n) is 18.4. The van der Waals surface area contributed by atoms with E-state index in [1.165, 1.54) is 16.1 Å². The number of hydrogen-bond acceptors (Lipinski definition) is 5. The predicted octanol–water partition coefficient (Wildman–Crippen LogP) is 4.02. The molecule has 2 aromatic rings. The summed E-state index contributed by atoms with van der Waals surface area (Å²) in [7, 11) is 0. The van der Waals surface area contributed by atoms with E-state index in [0.29, 0.717) is 12.6 Å². The fourth-order valence-corrected chi connectivity index (χ4v) is 4.71. The summed E-state index contributed by atoms with van der Waals surface area (Å²) in [5.74, 6) is 0.145. The number of unbranched alkanes of at least 4 members (excludes halogenated alkanes) is 1. The topological polar surface area (TPSA) is 45.7 Å². The van der Waals surface area contributed by atoms with E-state index in [-0.39, 0.29) is 12.5 Å². The first-order chi connectivity index (χ1) is 14.7. The van der Waals surface area contributed by atoms with Crippen LogP contribution < -0.4 is 0 Å². The molecule has 30 heavy (non-hydrogen) atoms. The maximum atomic E-state index is 12.0. The van der Waals surface area contributed by atoms with E-state index in [1.807, 2.05) is 16.5 Å². The van der Waals surface area contributed by atoms with Crippen LogP contribution in [0.15, 0.2) is 35.8 Å². The summed E-state index contributed by atoms with van der Waals surface area (Å²) in [5.41, 5.74) is 2.71. The first-order valence-electron chi connectivity index (χ1n) is 11.2. The number of carbonyl (C=O) groups is 1. The van der Waals surface area contributed by atoms with Gasteiger partial charge in [0.15, 0.2) is 0 Å². The van der Waals surface area contributed by atoms with Crippen LogP contribution in [0.4, 0.5) is 0 Å². The lowest BCUT2D eigenvalue weighted by Gasteiger charge is -2.28. The largest absolute Gasteiger partial charge is 0.372 e. The van der Waals surface area contributed by atoms with Gasteiger partial charge in [0.2, 0.25) is 5.91 Å². The number of rotatable bonds is 11. The summed E-state index contributed by atoms with van der Waals surface area (Å²) >= 11 is 1.71. The Labute approximate surface area is 185 Å². The van der Waals surface area contributed by atoms with Crippen LogP contribution in [0.3, 0.4) is 0 Å². The summed E-state index contributed by atoms with van der Waals surface area (Å²) in [6.07, 6.45) is 6.98. The molecule has 1 aromatic heterocycles. The smallest absolute Gasteiger partial charge is 0.248 e. The van der Waals surface area contributed by atoms with Gasteiger partial charge in [-0.15, -0.1) is 11.3 Å². The predicted molar refractivity (Wildman–Crippen MR) is 123 cm³/mol. The molecule has 1 saturated heterocycles. The van der Waals surface area contributed by atoms with E-state index in [9.17, 15) is 4.79 Å². The molecule has 164 valence electrons. The molecule has 0 radical (unpaired) electrons. The van der Waals surface area contributed by atoms with Crippen molar-refractivity contribution in [3.05, 3.63) is 52.0 Å². The van der Waals surface area contributed by atoms with Crippen LogP contribution in [-0.4, -0.2) is 66.1 Å². The van der Waals surface area contributed by atoms with Crippen LogP contribution in [0.1, 0.15) is 49.2 Å². The molecular formula is C24H35N3O2S. The fourth-order valence-electron chi connectivity index (χ4n) is 4.06. The van der Waals surface area contributed by atoms with E-state index in [2.05, 4.69) is 48.0 Å². The minimum atomic E-state index is 0.145. The van der Waals surface area contributed by atoms with Crippen LogP contribution >= 0.6 is 11.3 Å². The first kappa shape index (κ1) is 22.9. The third-order valence-corrected chi connectivity index (χ3v) is 6.62. The number of thiazole rings is 1. The number of hydrogen-bond donors (Lipinski definition) is 0. The van der Waals surface area contributed by atoms with Crippen LogP contribution in [0.5, 0.6) is 0 Å². The van der Waals surface area contributed by atoms with Gasteiger partial charge in [-0.3, -0.25) is 4.79 Å². The highest BCUT2D eigenvalue weighted by Gasteiger charge is 2.17. The first-order valence-corrected chi connectivity index (χ1v) is 12.1. The second-order valence-corrected chi connectivity index (χ2v) is 9.07. The highest BCUT2D eigenvalue weighted by molar-refractivity contribution is 7.09. The van der Waals surface area contributed by atoms with Gasteiger partial charge < -0.3 is 14.5 Å². The summed E-state index contributed by atoms with van der Waals surface area (Å²) in [6.45, 7) is 9.35. The number of aromatic nitrogens is 1. The lowest BCUT2D eigenvalue weighted by atomic mass is 10.0. The zero-order chi connectivity index (χ0) is 21.2. The second kappa shape index (κ2) is 12.2. The van der Waals surface area contributed by atoms with Gasteiger partial charge in [0.05, 0.1) is 5.01 Å². The third-order valence-electron chi connectivity index (χ3n) is 5.84. The second-order valence-electron chi connectivity index (χ2n) is 8.09. The standard InChI is InChI=1S/C24H35N3O2S/c1-3-26(12-4-5-13-27-14-6-15-29-19-24(27)28)20(2)17-21-7-9-22(10-8-21)18-23-25-11-16-30-23/h7-11,16,20H,3-6,12-15,17-19H2,1-2H3. The number of benzene rings is 1.